The van der Waals surface area contributed by atoms with E-state index < -0.39 is 0 Å². The summed E-state index contributed by atoms with van der Waals surface area (Å²) in [4.78, 5) is 18.3. The van der Waals surface area contributed by atoms with Crippen molar-refractivity contribution in [3.05, 3.63) is 21.3 Å². The molecule has 0 radical (unpaired) electrons. The number of amides is 2. The van der Waals surface area contributed by atoms with Gasteiger partial charge >= 0.3 is 6.03 Å². The molecular formula is C14H16BrClN4O. The minimum Gasteiger partial charge on any atom is -0.369 e. The molecule has 3 aliphatic rings. The lowest BCUT2D eigenvalue weighted by atomic mass is 9.81. The number of fused-ring (bicyclic) bond motifs is 2. The molecule has 2 fully saturated rings. The summed E-state index contributed by atoms with van der Waals surface area (Å²) in [5, 5.41) is 7.04. The van der Waals surface area contributed by atoms with Crippen LogP contribution < -0.4 is 10.6 Å². The maximum absolute atomic E-state index is 11.9. The average Bonchev–Trinajstić information content (AvgIpc) is 3.15. The van der Waals surface area contributed by atoms with Gasteiger partial charge in [0.25, 0.3) is 0 Å². The molecule has 2 unspecified atom stereocenters. The molecule has 0 bridgehead atoms. The van der Waals surface area contributed by atoms with E-state index in [0.29, 0.717) is 6.04 Å². The summed E-state index contributed by atoms with van der Waals surface area (Å²) >= 11 is 10.00. The Morgan fingerprint density at radius 2 is 2.33 bits per heavy atom. The normalized spacial score (nSPS) is 30.7. The minimum absolute atomic E-state index is 0.0106. The summed E-state index contributed by atoms with van der Waals surface area (Å²) in [6, 6.07) is 0.372. The summed E-state index contributed by atoms with van der Waals surface area (Å²) in [5.74, 6) is 0.898. The Labute approximate surface area is 136 Å². The second-order valence-corrected chi connectivity index (χ2v) is 7.33. The van der Waals surface area contributed by atoms with Crippen molar-refractivity contribution in [1.29, 1.82) is 0 Å². The van der Waals surface area contributed by atoms with E-state index in [9.17, 15) is 4.79 Å². The number of aromatic nitrogens is 1. The molecule has 3 heterocycles. The van der Waals surface area contributed by atoms with E-state index in [1.807, 2.05) is 4.90 Å². The van der Waals surface area contributed by atoms with E-state index in [4.69, 9.17) is 11.6 Å². The molecule has 2 aliphatic heterocycles. The number of carbonyl (C=O) groups is 1. The fraction of sp³-hybridized carbons (Fsp3) is 0.571. The van der Waals surface area contributed by atoms with Crippen LogP contribution in [0.3, 0.4) is 0 Å². The van der Waals surface area contributed by atoms with Crippen LogP contribution in [0.5, 0.6) is 0 Å². The molecule has 5 nitrogen and oxygen atoms in total. The summed E-state index contributed by atoms with van der Waals surface area (Å²) < 4.78 is 0.841. The molecule has 4 rings (SSSR count). The van der Waals surface area contributed by atoms with E-state index in [-0.39, 0.29) is 11.4 Å². The molecule has 2 atom stereocenters. The lowest BCUT2D eigenvalue weighted by Crippen LogP contribution is -2.38. The van der Waals surface area contributed by atoms with Crippen molar-refractivity contribution in [1.82, 2.24) is 15.2 Å². The van der Waals surface area contributed by atoms with Gasteiger partial charge in [-0.3, -0.25) is 0 Å². The number of hydrogen-bond donors (Lipinski definition) is 2. The molecule has 2 N–H and O–H groups in total. The fourth-order valence-electron chi connectivity index (χ4n) is 4.01. The molecule has 112 valence electrons. The first-order chi connectivity index (χ1) is 10.1. The van der Waals surface area contributed by atoms with E-state index >= 15 is 0 Å². The Balaban J connectivity index is 1.67. The summed E-state index contributed by atoms with van der Waals surface area (Å²) in [5.41, 5.74) is 1.14. The Morgan fingerprint density at radius 3 is 3.10 bits per heavy atom. The smallest absolute Gasteiger partial charge is 0.317 e. The lowest BCUT2D eigenvalue weighted by molar-refractivity contribution is 0.196. The monoisotopic (exact) mass is 370 g/mol. The van der Waals surface area contributed by atoms with Crippen molar-refractivity contribution in [2.45, 2.75) is 30.7 Å². The Bertz CT molecular complexity index is 625. The van der Waals surface area contributed by atoms with Gasteiger partial charge in [-0.1, -0.05) is 11.6 Å². The number of nitrogens with zero attached hydrogens (tertiary/aromatic N) is 2. The first-order valence-electron chi connectivity index (χ1n) is 7.23. The van der Waals surface area contributed by atoms with Crippen LogP contribution in [-0.4, -0.2) is 41.6 Å². The molecule has 2 amide bonds. The first kappa shape index (κ1) is 13.6. The Kier molecular flexibility index (Phi) is 3.08. The van der Waals surface area contributed by atoms with Gasteiger partial charge in [0.15, 0.2) is 0 Å². The van der Waals surface area contributed by atoms with Crippen molar-refractivity contribution in [3.63, 3.8) is 0 Å². The number of anilines is 1. The van der Waals surface area contributed by atoms with E-state index in [2.05, 4.69) is 31.5 Å². The number of rotatable bonds is 1. The number of urea groups is 1. The maximum atomic E-state index is 11.9. The van der Waals surface area contributed by atoms with Gasteiger partial charge in [-0.2, -0.15) is 0 Å². The SMILES string of the molecule is O=C1NCCN1C1CCC2(CNc3ncc(Br)c(Cl)c32)C1. The highest BCUT2D eigenvalue weighted by Crippen LogP contribution is 2.52. The van der Waals surface area contributed by atoms with E-state index in [0.717, 1.165) is 59.8 Å². The van der Waals surface area contributed by atoms with Crippen molar-refractivity contribution in [2.75, 3.05) is 25.0 Å². The van der Waals surface area contributed by atoms with Crippen LogP contribution in [0.15, 0.2) is 10.7 Å². The largest absolute Gasteiger partial charge is 0.369 e. The van der Waals surface area contributed by atoms with Gasteiger partial charge in [0.05, 0.1) is 9.50 Å². The third-order valence-electron chi connectivity index (χ3n) is 5.01. The lowest BCUT2D eigenvalue weighted by Gasteiger charge is -2.27. The number of nitrogens with one attached hydrogen (secondary N) is 2. The highest BCUT2D eigenvalue weighted by molar-refractivity contribution is 9.10. The van der Waals surface area contributed by atoms with Crippen molar-refractivity contribution < 1.29 is 4.79 Å². The predicted molar refractivity (Wildman–Crippen MR) is 84.9 cm³/mol. The quantitative estimate of drug-likeness (QED) is 0.798. The third-order valence-corrected chi connectivity index (χ3v) is 6.23. The first-order valence-corrected chi connectivity index (χ1v) is 8.41. The van der Waals surface area contributed by atoms with E-state index in [1.54, 1.807) is 6.20 Å². The summed E-state index contributed by atoms with van der Waals surface area (Å²) in [6.45, 7) is 2.42. The van der Waals surface area contributed by atoms with Crippen molar-refractivity contribution >= 4 is 39.4 Å². The van der Waals surface area contributed by atoms with Gasteiger partial charge in [0.2, 0.25) is 0 Å². The topological polar surface area (TPSA) is 57.3 Å². The molecule has 1 aliphatic carbocycles. The third kappa shape index (κ3) is 1.95. The number of carbonyl (C=O) groups excluding carboxylic acids is 1. The second kappa shape index (κ2) is 4.74. The van der Waals surface area contributed by atoms with Crippen LogP contribution in [0.25, 0.3) is 0 Å². The number of hydrogen-bond acceptors (Lipinski definition) is 3. The zero-order valence-electron chi connectivity index (χ0n) is 11.5. The molecule has 1 aromatic rings. The van der Waals surface area contributed by atoms with Crippen LogP contribution in [0.2, 0.25) is 5.02 Å². The molecule has 1 aromatic heterocycles. The molecule has 1 saturated heterocycles. The molecule has 7 heteroatoms. The zero-order chi connectivity index (χ0) is 14.6. The highest BCUT2D eigenvalue weighted by Gasteiger charge is 2.49. The van der Waals surface area contributed by atoms with Crippen molar-refractivity contribution in [3.8, 4) is 0 Å². The van der Waals surface area contributed by atoms with Gasteiger partial charge in [-0.25, -0.2) is 9.78 Å². The average molecular weight is 372 g/mol. The van der Waals surface area contributed by atoms with Gasteiger partial charge in [0, 0.05) is 42.9 Å². The molecule has 0 aromatic carbocycles. The number of pyridine rings is 1. The fourth-order valence-corrected chi connectivity index (χ4v) is 4.65. The number of halogens is 2. The van der Waals surface area contributed by atoms with E-state index in [1.165, 1.54) is 0 Å². The second-order valence-electron chi connectivity index (χ2n) is 6.10. The highest BCUT2D eigenvalue weighted by atomic mass is 79.9. The predicted octanol–water partition coefficient (Wildman–Crippen LogP) is 2.74. The van der Waals surface area contributed by atoms with Gasteiger partial charge < -0.3 is 15.5 Å². The van der Waals surface area contributed by atoms with Gasteiger partial charge in [0.1, 0.15) is 5.82 Å². The van der Waals surface area contributed by atoms with Crippen LogP contribution in [-0.2, 0) is 5.41 Å². The zero-order valence-corrected chi connectivity index (χ0v) is 13.8. The Morgan fingerprint density at radius 1 is 1.48 bits per heavy atom. The van der Waals surface area contributed by atoms with Crippen molar-refractivity contribution in [2.24, 2.45) is 0 Å². The van der Waals surface area contributed by atoms with Crippen LogP contribution >= 0.6 is 27.5 Å². The molecular weight excluding hydrogens is 356 g/mol. The van der Waals surface area contributed by atoms with Crippen LogP contribution in [0.4, 0.5) is 10.6 Å². The molecule has 1 spiro atoms. The maximum Gasteiger partial charge on any atom is 0.317 e. The van der Waals surface area contributed by atoms with Gasteiger partial charge in [-0.15, -0.1) is 0 Å². The summed E-state index contributed by atoms with van der Waals surface area (Å²) in [6.07, 6.45) is 4.77. The summed E-state index contributed by atoms with van der Waals surface area (Å²) in [7, 11) is 0. The molecule has 21 heavy (non-hydrogen) atoms. The standard InChI is InChI=1S/C14H16BrClN4O/c15-9-6-18-12-10(11(9)16)14(7-19-12)2-1-8(5-14)20-4-3-17-13(20)21/h6,8H,1-5,7H2,(H,17,21)(H,18,19). The Hall–Kier alpha value is -1.01. The van der Waals surface area contributed by atoms with Gasteiger partial charge in [-0.05, 0) is 35.2 Å². The van der Waals surface area contributed by atoms with Crippen LogP contribution in [0.1, 0.15) is 24.8 Å². The molecule has 1 saturated carbocycles. The minimum atomic E-state index is 0.0106. The van der Waals surface area contributed by atoms with Crippen LogP contribution in [0, 0.1) is 0 Å².